The predicted octanol–water partition coefficient (Wildman–Crippen LogP) is 3.22. The van der Waals surface area contributed by atoms with Gasteiger partial charge in [0.15, 0.2) is 23.3 Å². The Bertz CT molecular complexity index is 464. The SMILES string of the molecule is CC1OCCC1CNc1c(F)c(F)c(F)c(F)c1F. The lowest BCUT2D eigenvalue weighted by Gasteiger charge is -2.16. The van der Waals surface area contributed by atoms with E-state index in [-0.39, 0.29) is 18.6 Å². The normalized spacial score (nSPS) is 22.8. The molecular formula is C12H12F5NO. The Morgan fingerprint density at radius 2 is 1.53 bits per heavy atom. The van der Waals surface area contributed by atoms with Crippen LogP contribution in [0.4, 0.5) is 27.6 Å². The van der Waals surface area contributed by atoms with Crippen LogP contribution in [0, 0.1) is 35.0 Å². The fourth-order valence-electron chi connectivity index (χ4n) is 2.04. The van der Waals surface area contributed by atoms with E-state index in [0.717, 1.165) is 0 Å². The van der Waals surface area contributed by atoms with Crippen molar-refractivity contribution in [2.75, 3.05) is 18.5 Å². The van der Waals surface area contributed by atoms with E-state index >= 15 is 0 Å². The minimum Gasteiger partial charge on any atom is -0.380 e. The molecule has 0 saturated carbocycles. The Labute approximate surface area is 106 Å². The van der Waals surface area contributed by atoms with Crippen molar-refractivity contribution in [1.82, 2.24) is 0 Å². The predicted molar refractivity (Wildman–Crippen MR) is 58.2 cm³/mol. The second kappa shape index (κ2) is 5.32. The molecule has 0 spiro atoms. The Kier molecular flexibility index (Phi) is 3.93. The molecule has 1 saturated heterocycles. The van der Waals surface area contributed by atoms with Gasteiger partial charge in [-0.25, -0.2) is 22.0 Å². The third kappa shape index (κ3) is 2.51. The number of hydrogen-bond donors (Lipinski definition) is 1. The summed E-state index contributed by atoms with van der Waals surface area (Å²) < 4.78 is 70.7. The fraction of sp³-hybridized carbons (Fsp3) is 0.500. The highest BCUT2D eigenvalue weighted by Gasteiger charge is 2.28. The minimum absolute atomic E-state index is 0.0324. The van der Waals surface area contributed by atoms with Crippen LogP contribution < -0.4 is 5.32 Å². The van der Waals surface area contributed by atoms with Gasteiger partial charge in [0.25, 0.3) is 0 Å². The molecule has 0 amide bonds. The molecule has 2 nitrogen and oxygen atoms in total. The largest absolute Gasteiger partial charge is 0.380 e. The number of hydrogen-bond acceptors (Lipinski definition) is 2. The summed E-state index contributed by atoms with van der Waals surface area (Å²) in [6, 6.07) is 0. The summed E-state index contributed by atoms with van der Waals surface area (Å²) in [4.78, 5) is 0. The van der Waals surface area contributed by atoms with Gasteiger partial charge < -0.3 is 10.1 Å². The van der Waals surface area contributed by atoms with Crippen molar-refractivity contribution in [3.63, 3.8) is 0 Å². The molecule has 0 aromatic heterocycles. The fourth-order valence-corrected chi connectivity index (χ4v) is 2.04. The smallest absolute Gasteiger partial charge is 0.200 e. The van der Waals surface area contributed by atoms with Crippen LogP contribution in [0.15, 0.2) is 0 Å². The van der Waals surface area contributed by atoms with Crippen LogP contribution in [-0.2, 0) is 4.74 Å². The topological polar surface area (TPSA) is 21.3 Å². The van der Waals surface area contributed by atoms with Crippen molar-refractivity contribution in [2.45, 2.75) is 19.4 Å². The zero-order valence-corrected chi connectivity index (χ0v) is 10.1. The molecule has 1 aliphatic rings. The van der Waals surface area contributed by atoms with Crippen LogP contribution in [0.5, 0.6) is 0 Å². The molecule has 2 unspecified atom stereocenters. The Balaban J connectivity index is 2.20. The van der Waals surface area contributed by atoms with Crippen molar-refractivity contribution in [1.29, 1.82) is 0 Å². The van der Waals surface area contributed by atoms with E-state index in [9.17, 15) is 22.0 Å². The molecule has 1 fully saturated rings. The number of anilines is 1. The number of nitrogens with one attached hydrogen (secondary N) is 1. The van der Waals surface area contributed by atoms with Crippen molar-refractivity contribution >= 4 is 5.69 Å². The summed E-state index contributed by atoms with van der Waals surface area (Å²) in [6.45, 7) is 2.39. The van der Waals surface area contributed by atoms with E-state index in [4.69, 9.17) is 4.74 Å². The third-order valence-corrected chi connectivity index (χ3v) is 3.28. The highest BCUT2D eigenvalue weighted by atomic mass is 19.2. The molecule has 7 heteroatoms. The second-order valence-electron chi connectivity index (χ2n) is 4.45. The Hall–Kier alpha value is -1.37. The van der Waals surface area contributed by atoms with Crippen LogP contribution in [0.3, 0.4) is 0 Å². The molecule has 1 heterocycles. The Morgan fingerprint density at radius 3 is 2.00 bits per heavy atom. The van der Waals surface area contributed by atoms with Gasteiger partial charge in [-0.3, -0.25) is 0 Å². The summed E-state index contributed by atoms with van der Waals surface area (Å²) in [6.07, 6.45) is 0.553. The van der Waals surface area contributed by atoms with E-state index in [0.29, 0.717) is 13.0 Å². The van der Waals surface area contributed by atoms with E-state index in [2.05, 4.69) is 5.32 Å². The first kappa shape index (κ1) is 14.0. The number of benzene rings is 1. The first-order valence-electron chi connectivity index (χ1n) is 5.80. The molecule has 19 heavy (non-hydrogen) atoms. The maximum Gasteiger partial charge on any atom is 0.200 e. The third-order valence-electron chi connectivity index (χ3n) is 3.28. The summed E-state index contributed by atoms with van der Waals surface area (Å²) in [7, 11) is 0. The first-order chi connectivity index (χ1) is 8.93. The van der Waals surface area contributed by atoms with Gasteiger partial charge in [-0.05, 0) is 13.3 Å². The number of halogens is 5. The van der Waals surface area contributed by atoms with Crippen LogP contribution in [-0.4, -0.2) is 19.3 Å². The van der Waals surface area contributed by atoms with Gasteiger partial charge in [0.2, 0.25) is 5.82 Å². The second-order valence-corrected chi connectivity index (χ2v) is 4.45. The molecule has 106 valence electrons. The minimum atomic E-state index is -2.15. The van der Waals surface area contributed by atoms with E-state index in [1.165, 1.54) is 0 Å². The summed E-state index contributed by atoms with van der Waals surface area (Å²) >= 11 is 0. The van der Waals surface area contributed by atoms with Crippen molar-refractivity contribution < 1.29 is 26.7 Å². The number of rotatable bonds is 3. The van der Waals surface area contributed by atoms with Crippen molar-refractivity contribution in [2.24, 2.45) is 5.92 Å². The monoisotopic (exact) mass is 281 g/mol. The van der Waals surface area contributed by atoms with Crippen LogP contribution in [0.1, 0.15) is 13.3 Å². The molecule has 1 aromatic carbocycles. The van der Waals surface area contributed by atoms with Crippen LogP contribution in [0.25, 0.3) is 0 Å². The molecule has 2 rings (SSSR count). The zero-order valence-electron chi connectivity index (χ0n) is 10.1. The average molecular weight is 281 g/mol. The summed E-state index contributed by atoms with van der Waals surface area (Å²) in [5, 5.41) is 2.29. The van der Waals surface area contributed by atoms with Gasteiger partial charge in [0, 0.05) is 19.1 Å². The molecule has 0 bridgehead atoms. The molecule has 1 aromatic rings. The van der Waals surface area contributed by atoms with Gasteiger partial charge in [-0.2, -0.15) is 0 Å². The van der Waals surface area contributed by atoms with Crippen LogP contribution in [0.2, 0.25) is 0 Å². The van der Waals surface area contributed by atoms with Crippen molar-refractivity contribution in [3.8, 4) is 0 Å². The maximum atomic E-state index is 13.4. The van der Waals surface area contributed by atoms with Gasteiger partial charge in [0.1, 0.15) is 5.69 Å². The average Bonchev–Trinajstić information content (AvgIpc) is 2.80. The molecule has 0 radical (unpaired) electrons. The highest BCUT2D eigenvalue weighted by Crippen LogP contribution is 2.28. The van der Waals surface area contributed by atoms with E-state index in [1.54, 1.807) is 6.92 Å². The summed E-state index contributed by atoms with van der Waals surface area (Å²) in [5.74, 6) is -9.77. The Morgan fingerprint density at radius 1 is 1.00 bits per heavy atom. The standard InChI is InChI=1S/C12H12F5NO/c1-5-6(2-3-19-5)4-18-12-10(16)8(14)7(13)9(15)11(12)17/h5-6,18H,2-4H2,1H3. The van der Waals surface area contributed by atoms with E-state index < -0.39 is 34.8 Å². The molecule has 1 aliphatic heterocycles. The van der Waals surface area contributed by atoms with Gasteiger partial charge in [0.05, 0.1) is 6.10 Å². The van der Waals surface area contributed by atoms with Gasteiger partial charge in [-0.1, -0.05) is 0 Å². The van der Waals surface area contributed by atoms with Crippen LogP contribution >= 0.6 is 0 Å². The summed E-state index contributed by atoms with van der Waals surface area (Å²) in [5.41, 5.74) is -0.990. The maximum absolute atomic E-state index is 13.4. The molecule has 1 N–H and O–H groups in total. The molecular weight excluding hydrogens is 269 g/mol. The number of ether oxygens (including phenoxy) is 1. The quantitative estimate of drug-likeness (QED) is 0.522. The first-order valence-corrected chi connectivity index (χ1v) is 5.80. The molecule has 2 atom stereocenters. The van der Waals surface area contributed by atoms with E-state index in [1.807, 2.05) is 0 Å². The molecule has 0 aliphatic carbocycles. The lowest BCUT2D eigenvalue weighted by Crippen LogP contribution is -2.22. The zero-order chi connectivity index (χ0) is 14.2. The van der Waals surface area contributed by atoms with Gasteiger partial charge in [-0.15, -0.1) is 0 Å². The lowest BCUT2D eigenvalue weighted by molar-refractivity contribution is 0.108. The van der Waals surface area contributed by atoms with Gasteiger partial charge >= 0.3 is 0 Å². The highest BCUT2D eigenvalue weighted by molar-refractivity contribution is 5.47. The van der Waals surface area contributed by atoms with Crippen molar-refractivity contribution in [3.05, 3.63) is 29.1 Å². The lowest BCUT2D eigenvalue weighted by atomic mass is 10.0.